The minimum Gasteiger partial charge on any atom is -0.308 e. The molecule has 0 aromatic heterocycles. The van der Waals surface area contributed by atoms with Crippen LogP contribution in [0.4, 0.5) is 0 Å². The molecule has 0 aliphatic rings. The maximum Gasteiger partial charge on any atom is 0.0239 e. The maximum absolute atomic E-state index is 3.59. The van der Waals surface area contributed by atoms with Gasteiger partial charge in [-0.1, -0.05) is 31.2 Å². The van der Waals surface area contributed by atoms with E-state index in [1.807, 2.05) is 0 Å². The highest BCUT2D eigenvalue weighted by Gasteiger charge is 2.21. The summed E-state index contributed by atoms with van der Waals surface area (Å²) in [7, 11) is 2.22. The van der Waals surface area contributed by atoms with Gasteiger partial charge in [0.15, 0.2) is 0 Å². The first-order chi connectivity index (χ1) is 9.15. The molecule has 114 valence electrons. The summed E-state index contributed by atoms with van der Waals surface area (Å²) >= 11 is 0. The Morgan fingerprint density at radius 2 is 1.55 bits per heavy atom. The molecular formula is C18H32N2. The zero-order chi connectivity index (χ0) is 15.4. The molecule has 0 aliphatic carbocycles. The van der Waals surface area contributed by atoms with Gasteiger partial charge in [-0.05, 0) is 59.2 Å². The van der Waals surface area contributed by atoms with Crippen LogP contribution in [-0.4, -0.2) is 23.0 Å². The second-order valence-corrected chi connectivity index (χ2v) is 7.39. The second-order valence-electron chi connectivity index (χ2n) is 7.39. The molecular weight excluding hydrogens is 244 g/mol. The van der Waals surface area contributed by atoms with Crippen LogP contribution in [0.15, 0.2) is 24.3 Å². The summed E-state index contributed by atoms with van der Waals surface area (Å²) < 4.78 is 0. The summed E-state index contributed by atoms with van der Waals surface area (Å²) in [6.45, 7) is 15.4. The molecule has 0 heterocycles. The van der Waals surface area contributed by atoms with Crippen molar-refractivity contribution in [2.75, 3.05) is 7.05 Å². The predicted molar refractivity (Wildman–Crippen MR) is 88.9 cm³/mol. The third-order valence-corrected chi connectivity index (χ3v) is 4.23. The molecule has 0 aliphatic heterocycles. The third kappa shape index (κ3) is 5.26. The predicted octanol–water partition coefficient (Wildman–Crippen LogP) is 4.20. The van der Waals surface area contributed by atoms with Crippen molar-refractivity contribution < 1.29 is 0 Å². The first kappa shape index (κ1) is 17.2. The summed E-state index contributed by atoms with van der Waals surface area (Å²) in [5, 5.41) is 3.59. The summed E-state index contributed by atoms with van der Waals surface area (Å²) in [5.74, 6) is 0. The average molecular weight is 276 g/mol. The van der Waals surface area contributed by atoms with Crippen LogP contribution in [0.3, 0.4) is 0 Å². The number of hydrogen-bond acceptors (Lipinski definition) is 2. The molecule has 2 nitrogen and oxygen atoms in total. The van der Waals surface area contributed by atoms with Crippen LogP contribution in [0.1, 0.15) is 59.1 Å². The highest BCUT2D eigenvalue weighted by molar-refractivity contribution is 5.27. The van der Waals surface area contributed by atoms with Crippen LogP contribution >= 0.6 is 0 Å². The van der Waals surface area contributed by atoms with E-state index in [9.17, 15) is 0 Å². The Morgan fingerprint density at radius 1 is 1.00 bits per heavy atom. The van der Waals surface area contributed by atoms with Crippen molar-refractivity contribution in [3.05, 3.63) is 35.4 Å². The summed E-state index contributed by atoms with van der Waals surface area (Å²) in [5.41, 5.74) is 3.22. The van der Waals surface area contributed by atoms with Crippen molar-refractivity contribution in [2.24, 2.45) is 0 Å². The van der Waals surface area contributed by atoms with Gasteiger partial charge in [-0.3, -0.25) is 4.90 Å². The normalized spacial score (nSPS) is 13.0. The van der Waals surface area contributed by atoms with E-state index in [2.05, 4.69) is 83.1 Å². The van der Waals surface area contributed by atoms with E-state index in [4.69, 9.17) is 0 Å². The Labute approximate surface area is 125 Å². The quantitative estimate of drug-likeness (QED) is 0.838. The lowest BCUT2D eigenvalue weighted by Gasteiger charge is -2.35. The van der Waals surface area contributed by atoms with Crippen molar-refractivity contribution in [1.29, 1.82) is 0 Å². The monoisotopic (exact) mass is 276 g/mol. The minimum atomic E-state index is 0.154. The van der Waals surface area contributed by atoms with Crippen LogP contribution in [0.2, 0.25) is 0 Å². The van der Waals surface area contributed by atoms with E-state index in [0.29, 0.717) is 0 Å². The minimum absolute atomic E-state index is 0.154. The molecule has 0 amide bonds. The van der Waals surface area contributed by atoms with E-state index in [1.54, 1.807) is 0 Å². The van der Waals surface area contributed by atoms with Gasteiger partial charge in [0.25, 0.3) is 0 Å². The Kier molecular flexibility index (Phi) is 5.79. The molecule has 1 aromatic rings. The lowest BCUT2D eigenvalue weighted by Crippen LogP contribution is -2.40. The molecule has 1 rings (SSSR count). The van der Waals surface area contributed by atoms with Crippen LogP contribution in [0.25, 0.3) is 0 Å². The first-order valence-electron chi connectivity index (χ1n) is 7.69. The van der Waals surface area contributed by atoms with E-state index in [1.165, 1.54) is 11.1 Å². The van der Waals surface area contributed by atoms with Gasteiger partial charge in [0.2, 0.25) is 0 Å². The molecule has 0 saturated heterocycles. The smallest absolute Gasteiger partial charge is 0.0239 e. The highest BCUT2D eigenvalue weighted by atomic mass is 15.2. The average Bonchev–Trinajstić information content (AvgIpc) is 2.36. The van der Waals surface area contributed by atoms with Crippen LogP contribution in [0, 0.1) is 0 Å². The van der Waals surface area contributed by atoms with Crippen LogP contribution in [0.5, 0.6) is 0 Å². The number of nitrogens with zero attached hydrogens (tertiary/aromatic N) is 1. The van der Waals surface area contributed by atoms with Crippen molar-refractivity contribution >= 4 is 0 Å². The van der Waals surface area contributed by atoms with Crippen molar-refractivity contribution in [2.45, 2.75) is 72.1 Å². The van der Waals surface area contributed by atoms with Crippen molar-refractivity contribution in [1.82, 2.24) is 10.2 Å². The number of nitrogens with one attached hydrogen (secondary N) is 1. The molecule has 0 bridgehead atoms. The SMILES string of the molecule is CCC(C)(C)N(C)Cc1ccccc1CNC(C)(C)C. The fourth-order valence-corrected chi connectivity index (χ4v) is 1.98. The van der Waals surface area contributed by atoms with E-state index < -0.39 is 0 Å². The molecule has 0 spiro atoms. The van der Waals surface area contributed by atoms with Gasteiger partial charge >= 0.3 is 0 Å². The molecule has 0 unspecified atom stereocenters. The van der Waals surface area contributed by atoms with Crippen LogP contribution in [-0.2, 0) is 13.1 Å². The van der Waals surface area contributed by atoms with Gasteiger partial charge in [-0.15, -0.1) is 0 Å². The standard InChI is InChI=1S/C18H32N2/c1-8-18(5,6)20(7)14-16-12-10-9-11-15(16)13-19-17(2,3)4/h9-12,19H,8,13-14H2,1-7H3. The zero-order valence-corrected chi connectivity index (χ0v) is 14.4. The van der Waals surface area contributed by atoms with Gasteiger partial charge in [-0.25, -0.2) is 0 Å². The van der Waals surface area contributed by atoms with E-state index >= 15 is 0 Å². The molecule has 2 heteroatoms. The van der Waals surface area contributed by atoms with Gasteiger partial charge in [0.1, 0.15) is 0 Å². The van der Waals surface area contributed by atoms with Gasteiger partial charge in [-0.2, -0.15) is 0 Å². The Morgan fingerprint density at radius 3 is 2.05 bits per heavy atom. The highest BCUT2D eigenvalue weighted by Crippen LogP contribution is 2.21. The van der Waals surface area contributed by atoms with Gasteiger partial charge in [0.05, 0.1) is 0 Å². The Bertz CT molecular complexity index is 416. The Balaban J connectivity index is 2.80. The first-order valence-corrected chi connectivity index (χ1v) is 7.69. The number of benzene rings is 1. The zero-order valence-electron chi connectivity index (χ0n) is 14.4. The maximum atomic E-state index is 3.59. The number of rotatable bonds is 6. The number of hydrogen-bond donors (Lipinski definition) is 1. The molecule has 0 radical (unpaired) electrons. The van der Waals surface area contributed by atoms with E-state index in [-0.39, 0.29) is 11.1 Å². The van der Waals surface area contributed by atoms with Crippen molar-refractivity contribution in [3.63, 3.8) is 0 Å². The Hall–Kier alpha value is -0.860. The lowest BCUT2D eigenvalue weighted by atomic mass is 9.98. The van der Waals surface area contributed by atoms with Crippen LogP contribution < -0.4 is 5.32 Å². The molecule has 0 fully saturated rings. The summed E-state index contributed by atoms with van der Waals surface area (Å²) in [4.78, 5) is 2.45. The third-order valence-electron chi connectivity index (χ3n) is 4.23. The van der Waals surface area contributed by atoms with E-state index in [0.717, 1.165) is 19.5 Å². The lowest BCUT2D eigenvalue weighted by molar-refractivity contribution is 0.142. The topological polar surface area (TPSA) is 15.3 Å². The molecule has 20 heavy (non-hydrogen) atoms. The molecule has 1 aromatic carbocycles. The van der Waals surface area contributed by atoms with Gasteiger partial charge < -0.3 is 5.32 Å². The molecule has 0 saturated carbocycles. The van der Waals surface area contributed by atoms with Crippen molar-refractivity contribution in [3.8, 4) is 0 Å². The molecule has 0 atom stereocenters. The summed E-state index contributed by atoms with van der Waals surface area (Å²) in [6.07, 6.45) is 1.16. The molecule has 1 N–H and O–H groups in total. The second kappa shape index (κ2) is 6.73. The summed E-state index contributed by atoms with van der Waals surface area (Å²) in [6, 6.07) is 8.76. The largest absolute Gasteiger partial charge is 0.308 e. The van der Waals surface area contributed by atoms with Gasteiger partial charge in [0, 0.05) is 24.2 Å². The fourth-order valence-electron chi connectivity index (χ4n) is 1.98. The fraction of sp³-hybridized carbons (Fsp3) is 0.667.